The fourth-order valence-electron chi connectivity index (χ4n) is 3.03. The van der Waals surface area contributed by atoms with Gasteiger partial charge in [-0.25, -0.2) is 13.7 Å². The molecule has 8 nitrogen and oxygen atoms in total. The molecule has 150 valence electrons. The summed E-state index contributed by atoms with van der Waals surface area (Å²) in [4.78, 5) is 15.4. The smallest absolute Gasteiger partial charge is 0.250 e. The van der Waals surface area contributed by atoms with E-state index in [4.69, 9.17) is 9.15 Å². The molecule has 3 heterocycles. The van der Waals surface area contributed by atoms with Gasteiger partial charge in [-0.2, -0.15) is 4.36 Å². The molecule has 1 amide bonds. The molecule has 1 aromatic carbocycles. The lowest BCUT2D eigenvalue weighted by molar-refractivity contribution is -0.115. The molecule has 0 radical (unpaired) electrons. The fourth-order valence-corrected chi connectivity index (χ4v) is 4.32. The van der Waals surface area contributed by atoms with Crippen molar-refractivity contribution >= 4 is 32.3 Å². The Morgan fingerprint density at radius 2 is 2.10 bits per heavy atom. The van der Waals surface area contributed by atoms with Gasteiger partial charge in [0.05, 0.1) is 22.5 Å². The highest BCUT2D eigenvalue weighted by Gasteiger charge is 2.13. The number of carbonyl (C=O) groups excluding carboxylic acids is 1. The van der Waals surface area contributed by atoms with Crippen molar-refractivity contribution in [3.05, 3.63) is 48.7 Å². The third kappa shape index (κ3) is 4.29. The van der Waals surface area contributed by atoms with Crippen LogP contribution in [0.1, 0.15) is 13.3 Å². The van der Waals surface area contributed by atoms with E-state index in [1.165, 1.54) is 13.2 Å². The fraction of sp³-hybridized carbons (Fsp3) is 0.250. The van der Waals surface area contributed by atoms with Crippen LogP contribution in [0.15, 0.2) is 57.4 Å². The minimum atomic E-state index is -2.52. The van der Waals surface area contributed by atoms with Gasteiger partial charge in [0, 0.05) is 30.4 Å². The second-order valence-corrected chi connectivity index (χ2v) is 9.22. The molecule has 4 aromatic rings. The first-order valence-electron chi connectivity index (χ1n) is 9.08. The number of ether oxygens (including phenoxy) is 1. The highest BCUT2D eigenvalue weighted by atomic mass is 32.2. The number of furan rings is 1. The van der Waals surface area contributed by atoms with E-state index in [0.717, 1.165) is 16.7 Å². The van der Waals surface area contributed by atoms with Crippen LogP contribution in [0, 0.1) is 0 Å². The number of imidazole rings is 1. The second kappa shape index (κ2) is 7.67. The van der Waals surface area contributed by atoms with Crippen LogP contribution in [-0.4, -0.2) is 43.3 Å². The zero-order valence-electron chi connectivity index (χ0n) is 16.1. The Morgan fingerprint density at radius 1 is 1.28 bits per heavy atom. The predicted molar refractivity (Wildman–Crippen MR) is 110 cm³/mol. The molecule has 0 saturated carbocycles. The average molecular weight is 412 g/mol. The van der Waals surface area contributed by atoms with E-state index in [2.05, 4.69) is 14.4 Å². The number of fused-ring (bicyclic) bond motifs is 2. The molecule has 1 unspecified atom stereocenters. The lowest BCUT2D eigenvalue weighted by atomic mass is 10.2. The van der Waals surface area contributed by atoms with Crippen molar-refractivity contribution in [1.29, 1.82) is 0 Å². The van der Waals surface area contributed by atoms with E-state index in [0.29, 0.717) is 30.3 Å². The maximum absolute atomic E-state index is 12.1. The quantitative estimate of drug-likeness (QED) is 0.449. The normalized spacial score (nSPS) is 13.4. The van der Waals surface area contributed by atoms with Crippen molar-refractivity contribution in [2.45, 2.75) is 13.3 Å². The minimum Gasteiger partial charge on any atom is -0.477 e. The van der Waals surface area contributed by atoms with E-state index in [1.54, 1.807) is 16.8 Å². The number of carbonyl (C=O) groups is 1. The zero-order valence-corrected chi connectivity index (χ0v) is 16.9. The standard InChI is InChI=1S/C20H20N4O4S/c1-14(25)23-29(2,26)11-5-10-27-20-9-8-19-21-13-16(24(19)22-20)18-12-15-6-3-4-7-17(15)28-18/h3-4,6-9,12-13H,5,10-11H2,1-2H3. The molecule has 1 atom stereocenters. The van der Waals surface area contributed by atoms with Gasteiger partial charge in [0.15, 0.2) is 11.4 Å². The Balaban J connectivity index is 1.51. The summed E-state index contributed by atoms with van der Waals surface area (Å²) in [6.45, 7) is 1.61. The molecule has 4 rings (SSSR count). The van der Waals surface area contributed by atoms with Gasteiger partial charge in [-0.05, 0) is 24.6 Å². The summed E-state index contributed by atoms with van der Waals surface area (Å²) in [5.74, 6) is 0.937. The number of amides is 1. The maximum atomic E-state index is 12.1. The average Bonchev–Trinajstić information content (AvgIpc) is 3.27. The maximum Gasteiger partial charge on any atom is 0.250 e. The van der Waals surface area contributed by atoms with Gasteiger partial charge in [-0.1, -0.05) is 18.2 Å². The number of hydrogen-bond acceptors (Lipinski definition) is 6. The number of nitrogens with zero attached hydrogens (tertiary/aromatic N) is 4. The SMILES string of the molecule is CC(=O)N=S(C)(=O)CCCOc1ccc2ncc(-c3cc4ccccc4o3)n2n1. The number of aromatic nitrogens is 3. The number of benzene rings is 1. The summed E-state index contributed by atoms with van der Waals surface area (Å²) < 4.78 is 29.1. The van der Waals surface area contributed by atoms with E-state index in [1.807, 2.05) is 36.4 Å². The molecular weight excluding hydrogens is 392 g/mol. The topological polar surface area (TPSA) is 99.1 Å². The van der Waals surface area contributed by atoms with Crippen LogP contribution in [0.25, 0.3) is 28.1 Å². The van der Waals surface area contributed by atoms with E-state index < -0.39 is 15.6 Å². The van der Waals surface area contributed by atoms with Crippen molar-refractivity contribution < 1.29 is 18.2 Å². The third-order valence-electron chi connectivity index (χ3n) is 4.25. The summed E-state index contributed by atoms with van der Waals surface area (Å²) in [5.41, 5.74) is 2.19. The van der Waals surface area contributed by atoms with Gasteiger partial charge in [-0.3, -0.25) is 4.79 Å². The lowest BCUT2D eigenvalue weighted by Crippen LogP contribution is -2.10. The molecule has 0 bridgehead atoms. The molecule has 3 aromatic heterocycles. The molecule has 0 saturated heterocycles. The van der Waals surface area contributed by atoms with Crippen molar-refractivity contribution in [1.82, 2.24) is 14.6 Å². The Bertz CT molecular complexity index is 1280. The van der Waals surface area contributed by atoms with Crippen LogP contribution >= 0.6 is 0 Å². The number of rotatable bonds is 6. The van der Waals surface area contributed by atoms with Gasteiger partial charge < -0.3 is 9.15 Å². The summed E-state index contributed by atoms with van der Waals surface area (Å²) in [6, 6.07) is 13.3. The van der Waals surface area contributed by atoms with Gasteiger partial charge >= 0.3 is 0 Å². The first-order chi connectivity index (χ1) is 13.9. The van der Waals surface area contributed by atoms with Gasteiger partial charge in [0.1, 0.15) is 11.3 Å². The van der Waals surface area contributed by atoms with E-state index in [-0.39, 0.29) is 5.75 Å². The molecule has 0 aliphatic rings. The van der Waals surface area contributed by atoms with Crippen LogP contribution in [0.3, 0.4) is 0 Å². The second-order valence-electron chi connectivity index (χ2n) is 6.71. The third-order valence-corrected chi connectivity index (χ3v) is 5.94. The summed E-state index contributed by atoms with van der Waals surface area (Å²) in [5, 5.41) is 5.49. The highest BCUT2D eigenvalue weighted by molar-refractivity contribution is 7.93. The zero-order chi connectivity index (χ0) is 20.4. The largest absolute Gasteiger partial charge is 0.477 e. The lowest BCUT2D eigenvalue weighted by Gasteiger charge is -2.07. The van der Waals surface area contributed by atoms with Gasteiger partial charge in [-0.15, -0.1) is 5.10 Å². The Morgan fingerprint density at radius 3 is 2.90 bits per heavy atom. The molecule has 0 aliphatic heterocycles. The molecule has 0 fully saturated rings. The Hall–Kier alpha value is -3.20. The Kier molecular flexibility index (Phi) is 5.06. The van der Waals surface area contributed by atoms with Crippen LogP contribution in [0.5, 0.6) is 5.88 Å². The summed E-state index contributed by atoms with van der Waals surface area (Å²) in [7, 11) is -2.52. The van der Waals surface area contributed by atoms with Gasteiger partial charge in [0.25, 0.3) is 5.91 Å². The summed E-state index contributed by atoms with van der Waals surface area (Å²) in [6.07, 6.45) is 3.68. The monoisotopic (exact) mass is 412 g/mol. The summed E-state index contributed by atoms with van der Waals surface area (Å²) >= 11 is 0. The molecule has 29 heavy (non-hydrogen) atoms. The molecule has 0 N–H and O–H groups in total. The van der Waals surface area contributed by atoms with Crippen molar-refractivity contribution in [2.24, 2.45) is 4.36 Å². The first kappa shape index (κ1) is 19.1. The predicted octanol–water partition coefficient (Wildman–Crippen LogP) is 3.56. The van der Waals surface area contributed by atoms with Crippen molar-refractivity contribution in [3.8, 4) is 17.3 Å². The molecular formula is C20H20N4O4S. The van der Waals surface area contributed by atoms with Gasteiger partial charge in [0.2, 0.25) is 5.88 Å². The van der Waals surface area contributed by atoms with Crippen LogP contribution < -0.4 is 4.74 Å². The molecule has 0 spiro atoms. The Labute approximate surface area is 167 Å². The molecule has 9 heteroatoms. The van der Waals surface area contributed by atoms with Crippen molar-refractivity contribution in [2.75, 3.05) is 18.6 Å². The van der Waals surface area contributed by atoms with Crippen molar-refractivity contribution in [3.63, 3.8) is 0 Å². The van der Waals surface area contributed by atoms with Crippen LogP contribution in [0.2, 0.25) is 0 Å². The van der Waals surface area contributed by atoms with E-state index in [9.17, 15) is 9.00 Å². The number of para-hydroxylation sites is 1. The number of hydrogen-bond donors (Lipinski definition) is 0. The molecule has 0 aliphatic carbocycles. The van der Waals surface area contributed by atoms with Crippen LogP contribution in [-0.2, 0) is 14.5 Å². The van der Waals surface area contributed by atoms with E-state index >= 15 is 0 Å². The first-order valence-corrected chi connectivity index (χ1v) is 11.2. The highest BCUT2D eigenvalue weighted by Crippen LogP contribution is 2.28. The van der Waals surface area contributed by atoms with Crippen LogP contribution in [0.4, 0.5) is 0 Å². The minimum absolute atomic E-state index is 0.282.